The highest BCUT2D eigenvalue weighted by atomic mass is 35.5. The van der Waals surface area contributed by atoms with Crippen molar-refractivity contribution in [2.75, 3.05) is 18.8 Å². The number of aryl methyl sites for hydroxylation is 1. The highest BCUT2D eigenvalue weighted by Crippen LogP contribution is 2.29. The summed E-state index contributed by atoms with van der Waals surface area (Å²) in [5.41, 5.74) is 9.68. The molecule has 1 aliphatic heterocycles. The topological polar surface area (TPSA) is 105 Å². The summed E-state index contributed by atoms with van der Waals surface area (Å²) < 4.78 is 0. The van der Waals surface area contributed by atoms with Gasteiger partial charge in [0, 0.05) is 30.4 Å². The first-order chi connectivity index (χ1) is 16.0. The van der Waals surface area contributed by atoms with Gasteiger partial charge in [-0.3, -0.25) is 4.79 Å². The third-order valence-corrected chi connectivity index (χ3v) is 5.85. The molecule has 3 heterocycles. The fourth-order valence-corrected chi connectivity index (χ4v) is 4.06. The second-order valence-electron chi connectivity index (χ2n) is 7.86. The van der Waals surface area contributed by atoms with Gasteiger partial charge in [-0.15, -0.1) is 0 Å². The van der Waals surface area contributed by atoms with Crippen molar-refractivity contribution in [2.24, 2.45) is 0 Å². The molecule has 0 radical (unpaired) electrons. The maximum atomic E-state index is 12.9. The number of aromatic nitrogens is 3. The largest absolute Gasteiger partial charge is 0.391 e. The molecule has 8 heteroatoms. The van der Waals surface area contributed by atoms with Crippen LogP contribution >= 0.6 is 11.6 Å². The van der Waals surface area contributed by atoms with Crippen molar-refractivity contribution in [2.45, 2.75) is 32.3 Å². The minimum absolute atomic E-state index is 0.182. The van der Waals surface area contributed by atoms with Crippen molar-refractivity contribution < 1.29 is 9.90 Å². The fraction of sp³-hybridized carbons (Fsp3) is 0.280. The number of pyridine rings is 1. The Balaban J connectivity index is 1.69. The van der Waals surface area contributed by atoms with Gasteiger partial charge in [-0.25, -0.2) is 15.0 Å². The predicted molar refractivity (Wildman–Crippen MR) is 128 cm³/mol. The van der Waals surface area contributed by atoms with Crippen molar-refractivity contribution >= 4 is 23.3 Å². The molecule has 1 unspecified atom stereocenters. The Hall–Kier alpha value is -3.47. The highest BCUT2D eigenvalue weighted by molar-refractivity contribution is 6.34. The zero-order valence-electron chi connectivity index (χ0n) is 18.3. The Morgan fingerprint density at radius 2 is 2.09 bits per heavy atom. The molecular formula is C25H24ClN5O2. The molecule has 1 fully saturated rings. The quantitative estimate of drug-likeness (QED) is 0.579. The minimum Gasteiger partial charge on any atom is -0.391 e. The van der Waals surface area contributed by atoms with Gasteiger partial charge in [0.25, 0.3) is 5.91 Å². The van der Waals surface area contributed by atoms with E-state index in [0.29, 0.717) is 53.6 Å². The Bertz CT molecular complexity index is 1230. The molecular weight excluding hydrogens is 438 g/mol. The first kappa shape index (κ1) is 22.7. The fourth-order valence-electron chi connectivity index (χ4n) is 3.80. The van der Waals surface area contributed by atoms with E-state index in [1.54, 1.807) is 35.4 Å². The van der Waals surface area contributed by atoms with Crippen molar-refractivity contribution in [3.8, 4) is 23.1 Å². The Labute approximate surface area is 197 Å². The molecule has 1 aliphatic rings. The van der Waals surface area contributed by atoms with Crippen LogP contribution in [0.15, 0.2) is 42.9 Å². The average Bonchev–Trinajstić information content (AvgIpc) is 2.83. The number of aliphatic hydroxyl groups is 1. The van der Waals surface area contributed by atoms with Gasteiger partial charge in [0.05, 0.1) is 33.6 Å². The summed E-state index contributed by atoms with van der Waals surface area (Å²) in [4.78, 5) is 27.5. The average molecular weight is 462 g/mol. The summed E-state index contributed by atoms with van der Waals surface area (Å²) in [5, 5.41) is 10.2. The molecule has 168 valence electrons. The number of nitrogen functional groups attached to an aromatic ring is 1. The minimum atomic E-state index is -0.494. The lowest BCUT2D eigenvalue weighted by Gasteiger charge is -2.30. The van der Waals surface area contributed by atoms with E-state index in [1.807, 2.05) is 13.0 Å². The van der Waals surface area contributed by atoms with Crippen LogP contribution in [0.4, 0.5) is 5.82 Å². The van der Waals surface area contributed by atoms with Crippen LogP contribution in [-0.4, -0.2) is 50.1 Å². The van der Waals surface area contributed by atoms with Crippen LogP contribution < -0.4 is 5.73 Å². The number of carbonyl (C=O) groups is 1. The molecule has 1 saturated heterocycles. The number of aliphatic hydroxyl groups excluding tert-OH is 1. The molecule has 1 atom stereocenters. The summed E-state index contributed by atoms with van der Waals surface area (Å²) >= 11 is 6.53. The van der Waals surface area contributed by atoms with Gasteiger partial charge in [-0.1, -0.05) is 36.4 Å². The van der Waals surface area contributed by atoms with Gasteiger partial charge in [-0.05, 0) is 43.5 Å². The SMILES string of the molecule is CCc1ncnc(-c2ccc(C(=O)N3CCCC(O)C3)c(Cl)c2)c1C#Cc1ccc(N)nc1. The van der Waals surface area contributed by atoms with Gasteiger partial charge in [0.15, 0.2) is 0 Å². The summed E-state index contributed by atoms with van der Waals surface area (Å²) in [6.07, 6.45) is 4.79. The normalized spacial score (nSPS) is 15.6. The molecule has 3 aromatic rings. The van der Waals surface area contributed by atoms with E-state index in [2.05, 4.69) is 26.8 Å². The molecule has 1 amide bonds. The molecule has 3 N–H and O–H groups in total. The number of amides is 1. The van der Waals surface area contributed by atoms with Crippen LogP contribution in [0, 0.1) is 11.8 Å². The molecule has 7 nitrogen and oxygen atoms in total. The molecule has 0 saturated carbocycles. The number of nitrogens with two attached hydrogens (primary N) is 1. The lowest BCUT2D eigenvalue weighted by molar-refractivity contribution is 0.0474. The Kier molecular flexibility index (Phi) is 6.87. The molecule has 33 heavy (non-hydrogen) atoms. The van der Waals surface area contributed by atoms with E-state index in [1.165, 1.54) is 6.33 Å². The molecule has 0 spiro atoms. The monoisotopic (exact) mass is 461 g/mol. The number of hydrogen-bond acceptors (Lipinski definition) is 6. The van der Waals surface area contributed by atoms with Crippen LogP contribution in [0.25, 0.3) is 11.3 Å². The second kappa shape index (κ2) is 9.99. The lowest BCUT2D eigenvalue weighted by Crippen LogP contribution is -2.42. The van der Waals surface area contributed by atoms with Gasteiger partial charge < -0.3 is 15.7 Å². The zero-order valence-corrected chi connectivity index (χ0v) is 19.0. The van der Waals surface area contributed by atoms with Crippen molar-refractivity contribution in [3.05, 3.63) is 70.3 Å². The van der Waals surface area contributed by atoms with Crippen molar-refractivity contribution in [3.63, 3.8) is 0 Å². The maximum Gasteiger partial charge on any atom is 0.255 e. The number of piperidine rings is 1. The van der Waals surface area contributed by atoms with E-state index >= 15 is 0 Å². The molecule has 4 rings (SSSR count). The number of carbonyl (C=O) groups excluding carboxylic acids is 1. The molecule has 0 aliphatic carbocycles. The number of nitrogens with zero attached hydrogens (tertiary/aromatic N) is 4. The lowest BCUT2D eigenvalue weighted by atomic mass is 10.0. The summed E-state index contributed by atoms with van der Waals surface area (Å²) in [6.45, 7) is 2.94. The van der Waals surface area contributed by atoms with E-state index in [-0.39, 0.29) is 5.91 Å². The first-order valence-electron chi connectivity index (χ1n) is 10.8. The summed E-state index contributed by atoms with van der Waals surface area (Å²) in [6, 6.07) is 8.75. The summed E-state index contributed by atoms with van der Waals surface area (Å²) in [7, 11) is 0. The predicted octanol–water partition coefficient (Wildman–Crippen LogP) is 3.33. The smallest absolute Gasteiger partial charge is 0.255 e. The highest BCUT2D eigenvalue weighted by Gasteiger charge is 2.25. The van der Waals surface area contributed by atoms with Gasteiger partial charge in [0.2, 0.25) is 0 Å². The summed E-state index contributed by atoms with van der Waals surface area (Å²) in [5.74, 6) is 6.53. The molecule has 2 aromatic heterocycles. The van der Waals surface area contributed by atoms with Crippen LogP contribution in [0.1, 0.15) is 46.9 Å². The van der Waals surface area contributed by atoms with E-state index in [9.17, 15) is 9.90 Å². The number of anilines is 1. The van der Waals surface area contributed by atoms with Crippen LogP contribution in [-0.2, 0) is 6.42 Å². The maximum absolute atomic E-state index is 12.9. The number of likely N-dealkylation sites (tertiary alicyclic amines) is 1. The van der Waals surface area contributed by atoms with Crippen LogP contribution in [0.5, 0.6) is 0 Å². The standard InChI is InChI=1S/C25H24ClN5O2/c1-2-22-20(8-5-16-6-10-23(27)28-13-16)24(30-15-29-22)17-7-9-19(21(26)12-17)25(33)31-11-3-4-18(32)14-31/h6-7,9-10,12-13,15,18,32H,2-4,11,14H2,1H3,(H2,27,28). The number of halogens is 1. The number of hydrogen-bond donors (Lipinski definition) is 2. The van der Waals surface area contributed by atoms with E-state index < -0.39 is 6.10 Å². The van der Waals surface area contributed by atoms with E-state index in [0.717, 1.165) is 23.2 Å². The zero-order chi connectivity index (χ0) is 23.4. The van der Waals surface area contributed by atoms with Crippen LogP contribution in [0.3, 0.4) is 0 Å². The third-order valence-electron chi connectivity index (χ3n) is 5.54. The number of benzene rings is 1. The number of β-amino-alcohol motifs (C(OH)–C–C–N with tert-alkyl or cyclic N) is 1. The first-order valence-corrected chi connectivity index (χ1v) is 11.2. The van der Waals surface area contributed by atoms with E-state index in [4.69, 9.17) is 17.3 Å². The van der Waals surface area contributed by atoms with Gasteiger partial charge in [-0.2, -0.15) is 0 Å². The number of rotatable bonds is 3. The van der Waals surface area contributed by atoms with Crippen molar-refractivity contribution in [1.29, 1.82) is 0 Å². The molecule has 0 bridgehead atoms. The Morgan fingerprint density at radius 3 is 2.79 bits per heavy atom. The third kappa shape index (κ3) is 5.14. The molecule has 1 aromatic carbocycles. The van der Waals surface area contributed by atoms with Gasteiger partial charge >= 0.3 is 0 Å². The second-order valence-corrected chi connectivity index (χ2v) is 8.27. The van der Waals surface area contributed by atoms with Gasteiger partial charge in [0.1, 0.15) is 12.1 Å². The van der Waals surface area contributed by atoms with Crippen LogP contribution in [0.2, 0.25) is 5.02 Å². The Morgan fingerprint density at radius 1 is 1.24 bits per heavy atom. The van der Waals surface area contributed by atoms with Crippen molar-refractivity contribution in [1.82, 2.24) is 19.9 Å².